The molecule has 4 nitrogen and oxygen atoms in total. The van der Waals surface area contributed by atoms with E-state index in [-0.39, 0.29) is 5.84 Å². The quantitative estimate of drug-likeness (QED) is 0.583. The van der Waals surface area contributed by atoms with Crippen LogP contribution in [0.15, 0.2) is 33.7 Å². The number of nitrogens with two attached hydrogens (primary N) is 1. The van der Waals surface area contributed by atoms with Crippen LogP contribution in [-0.4, -0.2) is 17.0 Å². The monoisotopic (exact) mass is 242 g/mol. The van der Waals surface area contributed by atoms with Crippen molar-refractivity contribution in [1.29, 1.82) is 0 Å². The molecule has 5 heteroatoms. The van der Waals surface area contributed by atoms with Crippen LogP contribution in [0.25, 0.3) is 0 Å². The van der Waals surface area contributed by atoms with Crippen molar-refractivity contribution >= 4 is 27.9 Å². The lowest BCUT2D eigenvalue weighted by molar-refractivity contribution is 0.205. The lowest BCUT2D eigenvalue weighted by atomic mass is 10.2. The van der Waals surface area contributed by atoms with Crippen LogP contribution in [0.3, 0.4) is 0 Å². The molecule has 0 aliphatic rings. The van der Waals surface area contributed by atoms with Crippen molar-refractivity contribution in [3.63, 3.8) is 0 Å². The molecule has 3 N–H and O–H groups in total. The van der Waals surface area contributed by atoms with E-state index in [1.54, 1.807) is 18.2 Å². The van der Waals surface area contributed by atoms with E-state index in [4.69, 9.17) is 10.8 Å². The van der Waals surface area contributed by atoms with Crippen molar-refractivity contribution in [3.05, 3.63) is 34.3 Å². The van der Waals surface area contributed by atoms with E-state index in [1.165, 1.54) is 0 Å². The first kappa shape index (κ1) is 9.73. The van der Waals surface area contributed by atoms with E-state index in [0.29, 0.717) is 5.56 Å². The van der Waals surface area contributed by atoms with E-state index in [1.807, 2.05) is 6.07 Å². The second-order valence-corrected chi connectivity index (χ2v) is 3.21. The summed E-state index contributed by atoms with van der Waals surface area (Å²) >= 11 is 3.24. The average Bonchev–Trinajstić information content (AvgIpc) is 2.03. The Balaban J connectivity index is 3.02. The SMILES string of the molecule is NC(=NC(=O)O)c1cccc(Br)c1. The molecule has 0 aliphatic heterocycles. The summed E-state index contributed by atoms with van der Waals surface area (Å²) in [6, 6.07) is 6.95. The fourth-order valence-corrected chi connectivity index (χ4v) is 1.21. The van der Waals surface area contributed by atoms with Crippen molar-refractivity contribution in [2.24, 2.45) is 10.7 Å². The third kappa shape index (κ3) is 2.87. The maximum Gasteiger partial charge on any atom is 0.433 e. The molecule has 0 atom stereocenters. The molecule has 0 spiro atoms. The van der Waals surface area contributed by atoms with Crippen LogP contribution in [-0.2, 0) is 0 Å². The van der Waals surface area contributed by atoms with Gasteiger partial charge in [-0.2, -0.15) is 4.99 Å². The number of carboxylic acid groups (broad SMARTS) is 1. The number of amidine groups is 1. The van der Waals surface area contributed by atoms with Gasteiger partial charge in [0.2, 0.25) is 0 Å². The summed E-state index contributed by atoms with van der Waals surface area (Å²) in [5.74, 6) is -0.00574. The van der Waals surface area contributed by atoms with E-state index in [2.05, 4.69) is 20.9 Å². The predicted molar refractivity (Wildman–Crippen MR) is 52.9 cm³/mol. The molecule has 68 valence electrons. The van der Waals surface area contributed by atoms with Crippen molar-refractivity contribution in [2.75, 3.05) is 0 Å². The fraction of sp³-hybridized carbons (Fsp3) is 0. The van der Waals surface area contributed by atoms with Gasteiger partial charge >= 0.3 is 6.09 Å². The lowest BCUT2D eigenvalue weighted by Gasteiger charge is -1.98. The van der Waals surface area contributed by atoms with Crippen molar-refractivity contribution < 1.29 is 9.90 Å². The Morgan fingerprint density at radius 3 is 2.77 bits per heavy atom. The summed E-state index contributed by atoms with van der Waals surface area (Å²) in [7, 11) is 0. The Kier molecular flexibility index (Phi) is 3.02. The van der Waals surface area contributed by atoms with Crippen LogP contribution in [0.5, 0.6) is 0 Å². The van der Waals surface area contributed by atoms with Gasteiger partial charge in [0.05, 0.1) is 0 Å². The highest BCUT2D eigenvalue weighted by molar-refractivity contribution is 9.10. The summed E-state index contributed by atoms with van der Waals surface area (Å²) in [5.41, 5.74) is 5.99. The van der Waals surface area contributed by atoms with Crippen molar-refractivity contribution in [2.45, 2.75) is 0 Å². The highest BCUT2D eigenvalue weighted by Crippen LogP contribution is 2.11. The van der Waals surface area contributed by atoms with Crippen LogP contribution in [0.1, 0.15) is 5.56 Å². The molecule has 0 saturated heterocycles. The largest absolute Gasteiger partial charge is 0.463 e. The van der Waals surface area contributed by atoms with E-state index < -0.39 is 6.09 Å². The molecular formula is C8H7BrN2O2. The highest BCUT2D eigenvalue weighted by atomic mass is 79.9. The zero-order valence-corrected chi connectivity index (χ0v) is 8.15. The first-order chi connectivity index (χ1) is 6.09. The average molecular weight is 243 g/mol. The normalized spacial score (nSPS) is 11.3. The number of rotatable bonds is 1. The lowest BCUT2D eigenvalue weighted by Crippen LogP contribution is -2.14. The molecule has 13 heavy (non-hydrogen) atoms. The fourth-order valence-electron chi connectivity index (χ4n) is 0.815. The third-order valence-electron chi connectivity index (χ3n) is 1.34. The predicted octanol–water partition coefficient (Wildman–Crippen LogP) is 1.83. The maximum absolute atomic E-state index is 10.2. The molecule has 0 unspecified atom stereocenters. The Morgan fingerprint density at radius 2 is 2.23 bits per heavy atom. The first-order valence-corrected chi connectivity index (χ1v) is 4.22. The van der Waals surface area contributed by atoms with Crippen LogP contribution < -0.4 is 5.73 Å². The number of benzene rings is 1. The van der Waals surface area contributed by atoms with Gasteiger partial charge in [0, 0.05) is 10.0 Å². The van der Waals surface area contributed by atoms with Gasteiger partial charge in [-0.3, -0.25) is 0 Å². The van der Waals surface area contributed by atoms with Gasteiger partial charge in [0.15, 0.2) is 0 Å². The molecule has 1 aromatic carbocycles. The Bertz CT molecular complexity index is 363. The summed E-state index contributed by atoms with van der Waals surface area (Å²) in [5, 5.41) is 8.34. The molecule has 0 bridgehead atoms. The number of nitrogens with zero attached hydrogens (tertiary/aromatic N) is 1. The summed E-state index contributed by atoms with van der Waals surface area (Å²) in [6.07, 6.45) is -1.29. The molecule has 0 aliphatic carbocycles. The Morgan fingerprint density at radius 1 is 1.54 bits per heavy atom. The second-order valence-electron chi connectivity index (χ2n) is 2.29. The number of hydrogen-bond acceptors (Lipinski definition) is 1. The van der Waals surface area contributed by atoms with E-state index >= 15 is 0 Å². The molecule has 0 heterocycles. The zero-order valence-electron chi connectivity index (χ0n) is 6.57. The number of hydrogen-bond donors (Lipinski definition) is 2. The molecule has 0 aromatic heterocycles. The van der Waals surface area contributed by atoms with Gasteiger partial charge in [0.1, 0.15) is 5.84 Å². The smallest absolute Gasteiger partial charge is 0.433 e. The van der Waals surface area contributed by atoms with Gasteiger partial charge in [0.25, 0.3) is 0 Å². The van der Waals surface area contributed by atoms with Gasteiger partial charge in [-0.1, -0.05) is 28.1 Å². The number of carbonyl (C=O) groups is 1. The molecule has 0 radical (unpaired) electrons. The summed E-state index contributed by atoms with van der Waals surface area (Å²) in [4.78, 5) is 13.4. The molecule has 0 saturated carbocycles. The van der Waals surface area contributed by atoms with Gasteiger partial charge in [-0.25, -0.2) is 4.79 Å². The second kappa shape index (κ2) is 4.04. The first-order valence-electron chi connectivity index (χ1n) is 3.42. The minimum atomic E-state index is -1.29. The topological polar surface area (TPSA) is 75.7 Å². The zero-order chi connectivity index (χ0) is 9.84. The standard InChI is InChI=1S/C8H7BrN2O2/c9-6-3-1-2-5(4-6)7(10)11-8(12)13/h1-4H,(H2,10,11)(H,12,13). The Labute approximate surface area is 83.2 Å². The Hall–Kier alpha value is -1.36. The van der Waals surface area contributed by atoms with Crippen LogP contribution in [0, 0.1) is 0 Å². The molecule has 1 rings (SSSR count). The van der Waals surface area contributed by atoms with E-state index in [9.17, 15) is 4.79 Å². The summed E-state index contributed by atoms with van der Waals surface area (Å²) < 4.78 is 0.827. The highest BCUT2D eigenvalue weighted by Gasteiger charge is 2.00. The molecular weight excluding hydrogens is 236 g/mol. The summed E-state index contributed by atoms with van der Waals surface area (Å²) in [6.45, 7) is 0. The molecule has 1 aromatic rings. The molecule has 1 amide bonds. The van der Waals surface area contributed by atoms with Crippen LogP contribution in [0.2, 0.25) is 0 Å². The maximum atomic E-state index is 10.2. The van der Waals surface area contributed by atoms with Gasteiger partial charge < -0.3 is 10.8 Å². The number of aliphatic imine (C=N–C) groups is 1. The number of halogens is 1. The van der Waals surface area contributed by atoms with Gasteiger partial charge in [-0.15, -0.1) is 0 Å². The third-order valence-corrected chi connectivity index (χ3v) is 1.83. The number of amides is 1. The minimum absolute atomic E-state index is 0.00574. The minimum Gasteiger partial charge on any atom is -0.463 e. The van der Waals surface area contributed by atoms with Crippen LogP contribution in [0.4, 0.5) is 4.79 Å². The van der Waals surface area contributed by atoms with Gasteiger partial charge in [-0.05, 0) is 12.1 Å². The molecule has 0 fully saturated rings. The van der Waals surface area contributed by atoms with E-state index in [0.717, 1.165) is 4.47 Å². The van der Waals surface area contributed by atoms with Crippen LogP contribution >= 0.6 is 15.9 Å². The van der Waals surface area contributed by atoms with Crippen molar-refractivity contribution in [3.8, 4) is 0 Å². The van der Waals surface area contributed by atoms with Crippen molar-refractivity contribution in [1.82, 2.24) is 0 Å².